The summed E-state index contributed by atoms with van der Waals surface area (Å²) in [6, 6.07) is 19.4. The van der Waals surface area contributed by atoms with Crippen LogP contribution in [0.5, 0.6) is 34.9 Å². The van der Waals surface area contributed by atoms with Gasteiger partial charge in [0.05, 0.1) is 28.9 Å². The number of rotatable bonds is 12. The van der Waals surface area contributed by atoms with Crippen LogP contribution in [0.4, 0.5) is 17.2 Å². The largest absolute Gasteiger partial charge is 0.465 e. The van der Waals surface area contributed by atoms with Crippen molar-refractivity contribution in [3.8, 4) is 41.0 Å². The number of nitrogens with zero attached hydrogens (tertiary/aromatic N) is 5. The van der Waals surface area contributed by atoms with E-state index in [1.807, 2.05) is 6.07 Å². The van der Waals surface area contributed by atoms with Crippen LogP contribution in [0, 0.1) is 28.4 Å². The van der Waals surface area contributed by atoms with Crippen LogP contribution in [0.15, 0.2) is 71.7 Å². The molecule has 0 atom stereocenters. The Hall–Kier alpha value is -6.43. The van der Waals surface area contributed by atoms with Crippen molar-refractivity contribution in [2.45, 2.75) is 13.8 Å². The van der Waals surface area contributed by atoms with Crippen LogP contribution in [0.1, 0.15) is 18.1 Å². The number of nitriles is 1. The molecule has 0 saturated heterocycles. The maximum Gasteiger partial charge on any atom is 0.373 e. The smallest absolute Gasteiger partial charge is 0.373 e. The number of nitrogens with two attached hydrogens (primary N) is 2. The van der Waals surface area contributed by atoms with Gasteiger partial charge in [0.25, 0.3) is 0 Å². The SMILES string of the molecule is CCOC(=O)CNc1nc(Oc2cc(C)cc(N=C(N)N)c2)nc(Oc2cc(C#N)ccc2Oc2ccccc2)c1[N+](=O)[O-]. The lowest BCUT2D eigenvalue weighted by Gasteiger charge is -2.14. The Morgan fingerprint density at radius 3 is 2.48 bits per heavy atom. The zero-order chi connectivity index (χ0) is 31.6. The van der Waals surface area contributed by atoms with Gasteiger partial charge in [-0.05, 0) is 55.8 Å². The highest BCUT2D eigenvalue weighted by molar-refractivity contribution is 5.79. The maximum atomic E-state index is 12.3. The minimum atomic E-state index is -0.790. The summed E-state index contributed by atoms with van der Waals surface area (Å²) in [5.41, 5.74) is 11.6. The molecule has 4 aromatic rings. The number of nitrogens with one attached hydrogen (secondary N) is 1. The number of guanidine groups is 1. The van der Waals surface area contributed by atoms with E-state index >= 15 is 0 Å². The molecule has 0 spiro atoms. The molecule has 44 heavy (non-hydrogen) atoms. The number of carbonyl (C=O) groups excluding carboxylic acids is 1. The minimum absolute atomic E-state index is 0.0670. The topological polar surface area (TPSA) is 223 Å². The third-order valence-corrected chi connectivity index (χ3v) is 5.47. The lowest BCUT2D eigenvalue weighted by atomic mass is 10.2. The minimum Gasteiger partial charge on any atom is -0.465 e. The monoisotopic (exact) mass is 598 g/mol. The quantitative estimate of drug-likeness (QED) is 0.0654. The molecule has 0 aliphatic rings. The number of aryl methyl sites for hydroxylation is 1. The number of benzene rings is 3. The second kappa shape index (κ2) is 14.0. The summed E-state index contributed by atoms with van der Waals surface area (Å²) in [4.78, 5) is 35.9. The van der Waals surface area contributed by atoms with E-state index in [0.717, 1.165) is 5.56 Å². The summed E-state index contributed by atoms with van der Waals surface area (Å²) in [6.07, 6.45) is 0. The Kier molecular flexibility index (Phi) is 9.69. The number of esters is 1. The summed E-state index contributed by atoms with van der Waals surface area (Å²) >= 11 is 0. The van der Waals surface area contributed by atoms with Crippen LogP contribution in [0.3, 0.4) is 0 Å². The molecule has 3 aromatic carbocycles. The molecule has 224 valence electrons. The van der Waals surface area contributed by atoms with Crippen molar-refractivity contribution in [2.75, 3.05) is 18.5 Å². The van der Waals surface area contributed by atoms with E-state index in [-0.39, 0.29) is 41.4 Å². The first-order valence-electron chi connectivity index (χ1n) is 12.9. The molecule has 5 N–H and O–H groups in total. The van der Waals surface area contributed by atoms with E-state index in [0.29, 0.717) is 11.4 Å². The van der Waals surface area contributed by atoms with Crippen LogP contribution in [-0.4, -0.2) is 40.0 Å². The molecule has 4 rings (SSSR count). The second-order valence-electron chi connectivity index (χ2n) is 8.86. The molecule has 0 fully saturated rings. The molecule has 0 unspecified atom stereocenters. The van der Waals surface area contributed by atoms with Crippen molar-refractivity contribution in [3.63, 3.8) is 0 Å². The molecular weight excluding hydrogens is 572 g/mol. The van der Waals surface area contributed by atoms with Gasteiger partial charge in [0.15, 0.2) is 17.5 Å². The fourth-order valence-electron chi connectivity index (χ4n) is 3.75. The van der Waals surface area contributed by atoms with E-state index in [1.165, 1.54) is 24.3 Å². The highest BCUT2D eigenvalue weighted by atomic mass is 16.6. The van der Waals surface area contributed by atoms with Crippen LogP contribution < -0.4 is 31.0 Å². The highest BCUT2D eigenvalue weighted by Crippen LogP contribution is 2.41. The van der Waals surface area contributed by atoms with E-state index in [1.54, 1.807) is 56.3 Å². The molecule has 0 aliphatic heterocycles. The Balaban J connectivity index is 1.82. The van der Waals surface area contributed by atoms with Crippen LogP contribution in [0.25, 0.3) is 0 Å². The maximum absolute atomic E-state index is 12.3. The van der Waals surface area contributed by atoms with E-state index in [2.05, 4.69) is 20.3 Å². The summed E-state index contributed by atoms with van der Waals surface area (Å²) < 4.78 is 22.6. The predicted octanol–water partition coefficient (Wildman–Crippen LogP) is 4.82. The first-order valence-corrected chi connectivity index (χ1v) is 12.9. The number of carbonyl (C=O) groups is 1. The fourth-order valence-corrected chi connectivity index (χ4v) is 3.75. The molecule has 0 aliphatic carbocycles. The average molecular weight is 599 g/mol. The zero-order valence-corrected chi connectivity index (χ0v) is 23.5. The zero-order valence-electron chi connectivity index (χ0n) is 23.5. The van der Waals surface area contributed by atoms with Crippen LogP contribution >= 0.6 is 0 Å². The predicted molar refractivity (Wildman–Crippen MR) is 158 cm³/mol. The van der Waals surface area contributed by atoms with Gasteiger partial charge in [0.1, 0.15) is 18.0 Å². The van der Waals surface area contributed by atoms with Gasteiger partial charge in [-0.3, -0.25) is 14.9 Å². The molecule has 0 saturated carbocycles. The molecule has 15 nitrogen and oxygen atoms in total. The van der Waals surface area contributed by atoms with Crippen molar-refractivity contribution in [1.29, 1.82) is 5.26 Å². The van der Waals surface area contributed by atoms with Crippen LogP contribution in [0.2, 0.25) is 0 Å². The third kappa shape index (κ3) is 8.07. The van der Waals surface area contributed by atoms with Gasteiger partial charge in [-0.25, -0.2) is 4.99 Å². The van der Waals surface area contributed by atoms with Crippen molar-refractivity contribution in [2.24, 2.45) is 16.5 Å². The van der Waals surface area contributed by atoms with Crippen LogP contribution in [-0.2, 0) is 9.53 Å². The number of hydrogen-bond donors (Lipinski definition) is 3. The van der Waals surface area contributed by atoms with Gasteiger partial charge in [-0.2, -0.15) is 15.2 Å². The Morgan fingerprint density at radius 1 is 1.02 bits per heavy atom. The summed E-state index contributed by atoms with van der Waals surface area (Å²) in [5.74, 6) is -1.14. The molecular formula is C29H26N8O7. The molecule has 1 heterocycles. The summed E-state index contributed by atoms with van der Waals surface area (Å²) in [7, 11) is 0. The Morgan fingerprint density at radius 2 is 1.80 bits per heavy atom. The van der Waals surface area contributed by atoms with Gasteiger partial charge in [0, 0.05) is 12.1 Å². The van der Waals surface area contributed by atoms with E-state index < -0.39 is 34.8 Å². The summed E-state index contributed by atoms with van der Waals surface area (Å²) in [6.45, 7) is 3.02. The normalized spacial score (nSPS) is 10.2. The third-order valence-electron chi connectivity index (χ3n) is 5.47. The summed E-state index contributed by atoms with van der Waals surface area (Å²) in [5, 5.41) is 24.4. The lowest BCUT2D eigenvalue weighted by Crippen LogP contribution is -2.21. The number of aliphatic imine (C=N–C) groups is 1. The molecule has 0 amide bonds. The van der Waals surface area contributed by atoms with Gasteiger partial charge < -0.3 is 35.7 Å². The van der Waals surface area contributed by atoms with Crippen molar-refractivity contribution >= 4 is 29.1 Å². The van der Waals surface area contributed by atoms with Gasteiger partial charge in [-0.15, -0.1) is 0 Å². The molecule has 15 heteroatoms. The van der Waals surface area contributed by atoms with E-state index in [4.69, 9.17) is 30.4 Å². The molecule has 0 bridgehead atoms. The highest BCUT2D eigenvalue weighted by Gasteiger charge is 2.29. The Bertz CT molecular complexity index is 1750. The first kappa shape index (κ1) is 30.5. The number of hydrogen-bond acceptors (Lipinski definition) is 12. The number of anilines is 1. The van der Waals surface area contributed by atoms with Crippen molar-refractivity contribution < 1.29 is 28.7 Å². The fraction of sp³-hybridized carbons (Fsp3) is 0.138. The lowest BCUT2D eigenvalue weighted by molar-refractivity contribution is -0.385. The standard InChI is InChI=1S/C29H26N8O7/c1-3-41-24(38)16-33-26-25(37(39)40)27(36-29(35-26)43-21-12-17(2)11-19(14-21)34-28(31)32)44-23-13-18(15-30)9-10-22(23)42-20-7-5-4-6-8-20/h4-14H,3,16H2,1-2H3,(H4,31,32,34)(H,33,35,36). The molecule has 0 radical (unpaired) electrons. The number of aromatic nitrogens is 2. The van der Waals surface area contributed by atoms with E-state index in [9.17, 15) is 20.2 Å². The number of ether oxygens (including phenoxy) is 4. The van der Waals surface area contributed by atoms with Gasteiger partial charge in [0.2, 0.25) is 5.82 Å². The van der Waals surface area contributed by atoms with Crippen molar-refractivity contribution in [1.82, 2.24) is 9.97 Å². The van der Waals surface area contributed by atoms with Gasteiger partial charge >= 0.3 is 23.5 Å². The van der Waals surface area contributed by atoms with Gasteiger partial charge in [-0.1, -0.05) is 18.2 Å². The number of para-hydroxylation sites is 1. The first-order chi connectivity index (χ1) is 21.1. The molecule has 1 aromatic heterocycles. The number of nitro groups is 1. The van der Waals surface area contributed by atoms with Crippen molar-refractivity contribution in [3.05, 3.63) is 88.0 Å². The average Bonchev–Trinajstić information content (AvgIpc) is 2.96. The Labute approximate surface area is 250 Å². The second-order valence-corrected chi connectivity index (χ2v) is 8.86.